The van der Waals surface area contributed by atoms with E-state index in [0.29, 0.717) is 5.56 Å². The van der Waals surface area contributed by atoms with Crippen LogP contribution < -0.4 is 0 Å². The van der Waals surface area contributed by atoms with Crippen molar-refractivity contribution >= 4 is 5.57 Å². The molecule has 0 amide bonds. The van der Waals surface area contributed by atoms with E-state index in [0.717, 1.165) is 16.7 Å². The van der Waals surface area contributed by atoms with Crippen LogP contribution in [0.15, 0.2) is 23.8 Å². The number of aryl methyl sites for hydroxylation is 1. The third-order valence-corrected chi connectivity index (χ3v) is 2.28. The molecule has 0 fully saturated rings. The van der Waals surface area contributed by atoms with Crippen molar-refractivity contribution in [1.82, 2.24) is 0 Å². The van der Waals surface area contributed by atoms with Gasteiger partial charge in [0.05, 0.1) is 0 Å². The summed E-state index contributed by atoms with van der Waals surface area (Å²) in [6.07, 6.45) is 0. The molecular formula is C12H15F. The summed E-state index contributed by atoms with van der Waals surface area (Å²) < 4.78 is 13.4. The van der Waals surface area contributed by atoms with Crippen LogP contribution in [-0.4, -0.2) is 0 Å². The minimum Gasteiger partial charge on any atom is -0.206 e. The molecule has 70 valence electrons. The van der Waals surface area contributed by atoms with Gasteiger partial charge in [0.2, 0.25) is 0 Å². The van der Waals surface area contributed by atoms with Gasteiger partial charge in [0.15, 0.2) is 0 Å². The molecule has 0 heterocycles. The van der Waals surface area contributed by atoms with Gasteiger partial charge in [0.1, 0.15) is 5.82 Å². The molecule has 0 atom stereocenters. The first-order valence-corrected chi connectivity index (χ1v) is 4.43. The van der Waals surface area contributed by atoms with Gasteiger partial charge in [-0.05, 0) is 44.9 Å². The summed E-state index contributed by atoms with van der Waals surface area (Å²) in [5.41, 5.74) is 3.86. The predicted molar refractivity (Wildman–Crippen MR) is 55.1 cm³/mol. The summed E-state index contributed by atoms with van der Waals surface area (Å²) in [6.45, 7) is 7.83. The zero-order chi connectivity index (χ0) is 10.0. The summed E-state index contributed by atoms with van der Waals surface area (Å²) >= 11 is 0. The number of allylic oxidation sites excluding steroid dienone is 2. The Morgan fingerprint density at radius 2 is 1.77 bits per heavy atom. The maximum absolute atomic E-state index is 13.4. The van der Waals surface area contributed by atoms with Gasteiger partial charge in [-0.25, -0.2) is 4.39 Å². The molecule has 0 saturated carbocycles. The van der Waals surface area contributed by atoms with Crippen molar-refractivity contribution < 1.29 is 4.39 Å². The zero-order valence-corrected chi connectivity index (χ0v) is 8.61. The topological polar surface area (TPSA) is 0 Å². The molecule has 0 bridgehead atoms. The first-order chi connectivity index (χ1) is 6.02. The Hall–Kier alpha value is -1.11. The van der Waals surface area contributed by atoms with E-state index in [1.807, 2.05) is 39.8 Å². The lowest BCUT2D eigenvalue weighted by molar-refractivity contribution is 0.622. The van der Waals surface area contributed by atoms with Crippen LogP contribution in [0.3, 0.4) is 0 Å². The van der Waals surface area contributed by atoms with Crippen LogP contribution in [0, 0.1) is 12.7 Å². The fraction of sp³-hybridized carbons (Fsp3) is 0.333. The minimum atomic E-state index is -0.126. The van der Waals surface area contributed by atoms with E-state index < -0.39 is 0 Å². The lowest BCUT2D eigenvalue weighted by Gasteiger charge is -2.06. The van der Waals surface area contributed by atoms with E-state index in [2.05, 4.69) is 0 Å². The quantitative estimate of drug-likeness (QED) is 0.611. The summed E-state index contributed by atoms with van der Waals surface area (Å²) in [6, 6.07) is 5.35. The Balaban J connectivity index is 3.25. The normalized spacial score (nSPS) is 9.92. The molecule has 0 aliphatic heterocycles. The molecule has 0 saturated heterocycles. The Labute approximate surface area is 79.1 Å². The summed E-state index contributed by atoms with van der Waals surface area (Å²) in [5, 5.41) is 0. The van der Waals surface area contributed by atoms with Crippen LogP contribution in [-0.2, 0) is 0 Å². The Bertz CT molecular complexity index is 344. The highest BCUT2D eigenvalue weighted by atomic mass is 19.1. The number of hydrogen-bond acceptors (Lipinski definition) is 0. The van der Waals surface area contributed by atoms with Crippen LogP contribution in [0.25, 0.3) is 5.57 Å². The van der Waals surface area contributed by atoms with Gasteiger partial charge in [0.25, 0.3) is 0 Å². The van der Waals surface area contributed by atoms with Crippen molar-refractivity contribution in [2.75, 3.05) is 0 Å². The second kappa shape index (κ2) is 3.73. The average molecular weight is 178 g/mol. The van der Waals surface area contributed by atoms with E-state index in [1.54, 1.807) is 6.07 Å². The molecule has 1 rings (SSSR count). The second-order valence-corrected chi connectivity index (χ2v) is 3.61. The highest BCUT2D eigenvalue weighted by Crippen LogP contribution is 2.21. The molecule has 0 radical (unpaired) electrons. The molecule has 1 aromatic rings. The second-order valence-electron chi connectivity index (χ2n) is 3.61. The molecule has 1 aromatic carbocycles. The third kappa shape index (κ3) is 2.18. The molecule has 0 N–H and O–H groups in total. The van der Waals surface area contributed by atoms with Gasteiger partial charge in [-0.3, -0.25) is 0 Å². The standard InChI is InChI=1S/C12H15F/c1-8(2)10(4)11-6-5-9(3)7-12(11)13/h5-7H,1-4H3. The van der Waals surface area contributed by atoms with Crippen LogP contribution in [0.4, 0.5) is 4.39 Å². The first kappa shape index (κ1) is 9.97. The number of hydrogen-bond donors (Lipinski definition) is 0. The van der Waals surface area contributed by atoms with Gasteiger partial charge in [-0.2, -0.15) is 0 Å². The molecule has 0 aliphatic rings. The monoisotopic (exact) mass is 178 g/mol. The number of benzene rings is 1. The van der Waals surface area contributed by atoms with Crippen LogP contribution in [0.2, 0.25) is 0 Å². The lowest BCUT2D eigenvalue weighted by Crippen LogP contribution is -1.89. The minimum absolute atomic E-state index is 0.126. The fourth-order valence-corrected chi connectivity index (χ4v) is 1.19. The lowest BCUT2D eigenvalue weighted by atomic mass is 10.0. The van der Waals surface area contributed by atoms with Crippen LogP contribution >= 0.6 is 0 Å². The summed E-state index contributed by atoms with van der Waals surface area (Å²) in [4.78, 5) is 0. The highest BCUT2D eigenvalue weighted by molar-refractivity contribution is 5.66. The van der Waals surface area contributed by atoms with E-state index >= 15 is 0 Å². The van der Waals surface area contributed by atoms with Crippen molar-refractivity contribution in [3.8, 4) is 0 Å². The molecule has 0 aromatic heterocycles. The average Bonchev–Trinajstić information content (AvgIpc) is 2.03. The molecule has 13 heavy (non-hydrogen) atoms. The van der Waals surface area contributed by atoms with Gasteiger partial charge in [-0.15, -0.1) is 0 Å². The number of halogens is 1. The maximum Gasteiger partial charge on any atom is 0.130 e. The summed E-state index contributed by atoms with van der Waals surface area (Å²) in [7, 11) is 0. The number of rotatable bonds is 1. The van der Waals surface area contributed by atoms with Crippen LogP contribution in [0.5, 0.6) is 0 Å². The van der Waals surface area contributed by atoms with Crippen molar-refractivity contribution in [3.05, 3.63) is 40.7 Å². The smallest absolute Gasteiger partial charge is 0.130 e. The molecule has 1 heteroatoms. The Morgan fingerprint density at radius 1 is 1.15 bits per heavy atom. The van der Waals surface area contributed by atoms with Crippen molar-refractivity contribution in [3.63, 3.8) is 0 Å². The predicted octanol–water partition coefficient (Wildman–Crippen LogP) is 3.95. The molecule has 0 spiro atoms. The molecule has 0 nitrogen and oxygen atoms in total. The summed E-state index contributed by atoms with van der Waals surface area (Å²) in [5.74, 6) is -0.126. The van der Waals surface area contributed by atoms with Gasteiger partial charge >= 0.3 is 0 Å². The zero-order valence-electron chi connectivity index (χ0n) is 8.61. The Kier molecular flexibility index (Phi) is 2.86. The molecular weight excluding hydrogens is 163 g/mol. The fourth-order valence-electron chi connectivity index (χ4n) is 1.19. The van der Waals surface area contributed by atoms with Gasteiger partial charge < -0.3 is 0 Å². The largest absolute Gasteiger partial charge is 0.206 e. The van der Waals surface area contributed by atoms with Crippen molar-refractivity contribution in [2.24, 2.45) is 0 Å². The van der Waals surface area contributed by atoms with E-state index in [1.165, 1.54) is 0 Å². The van der Waals surface area contributed by atoms with Crippen molar-refractivity contribution in [1.29, 1.82) is 0 Å². The van der Waals surface area contributed by atoms with Crippen LogP contribution in [0.1, 0.15) is 31.9 Å². The van der Waals surface area contributed by atoms with Crippen molar-refractivity contribution in [2.45, 2.75) is 27.7 Å². The molecule has 0 unspecified atom stereocenters. The van der Waals surface area contributed by atoms with Gasteiger partial charge in [0, 0.05) is 5.56 Å². The highest BCUT2D eigenvalue weighted by Gasteiger charge is 2.04. The SMILES string of the molecule is CC(C)=C(C)c1ccc(C)cc1F. The van der Waals surface area contributed by atoms with Gasteiger partial charge in [-0.1, -0.05) is 17.7 Å². The first-order valence-electron chi connectivity index (χ1n) is 4.43. The van der Waals surface area contributed by atoms with E-state index in [9.17, 15) is 4.39 Å². The van der Waals surface area contributed by atoms with E-state index in [4.69, 9.17) is 0 Å². The molecule has 0 aliphatic carbocycles. The third-order valence-electron chi connectivity index (χ3n) is 2.28. The maximum atomic E-state index is 13.4. The Morgan fingerprint density at radius 3 is 2.23 bits per heavy atom. The van der Waals surface area contributed by atoms with E-state index in [-0.39, 0.29) is 5.82 Å².